The third-order valence-corrected chi connectivity index (χ3v) is 5.25. The van der Waals surface area contributed by atoms with Crippen molar-refractivity contribution in [3.05, 3.63) is 41.8 Å². The Kier molecular flexibility index (Phi) is 6.52. The van der Waals surface area contributed by atoms with Crippen molar-refractivity contribution in [3.8, 4) is 0 Å². The average Bonchev–Trinajstić information content (AvgIpc) is 3.11. The Labute approximate surface area is 181 Å². The molecule has 168 valence electrons. The van der Waals surface area contributed by atoms with E-state index in [4.69, 9.17) is 10.5 Å². The van der Waals surface area contributed by atoms with Gasteiger partial charge in [-0.2, -0.15) is 5.10 Å². The number of carbonyl (C=O) groups is 2. The van der Waals surface area contributed by atoms with Crippen molar-refractivity contribution in [1.82, 2.24) is 14.7 Å². The van der Waals surface area contributed by atoms with Gasteiger partial charge in [-0.15, -0.1) is 0 Å². The van der Waals surface area contributed by atoms with E-state index in [0.29, 0.717) is 31.2 Å². The fourth-order valence-electron chi connectivity index (χ4n) is 3.43. The van der Waals surface area contributed by atoms with Gasteiger partial charge in [-0.05, 0) is 42.0 Å². The number of anilines is 2. The number of likely N-dealkylation sites (tertiary alicyclic amines) is 1. The van der Waals surface area contributed by atoms with Crippen molar-refractivity contribution < 1.29 is 18.7 Å². The second-order valence-corrected chi connectivity index (χ2v) is 9.26. The van der Waals surface area contributed by atoms with Crippen molar-refractivity contribution in [2.45, 2.75) is 40.2 Å². The molecule has 8 nitrogen and oxygen atoms in total. The number of aromatic nitrogens is 2. The summed E-state index contributed by atoms with van der Waals surface area (Å²) in [5.41, 5.74) is 6.24. The van der Waals surface area contributed by atoms with Crippen molar-refractivity contribution in [2.24, 2.45) is 17.1 Å². The normalized spacial score (nSPS) is 19.2. The topological polar surface area (TPSA) is 102 Å². The maximum absolute atomic E-state index is 13.2. The van der Waals surface area contributed by atoms with Crippen molar-refractivity contribution in [2.75, 3.05) is 25.0 Å². The first kappa shape index (κ1) is 22.6. The summed E-state index contributed by atoms with van der Waals surface area (Å²) in [5, 5.41) is 7.56. The molecular weight excluding hydrogens is 401 g/mol. The molecule has 2 unspecified atom stereocenters. The van der Waals surface area contributed by atoms with Crippen LogP contribution in [0.3, 0.4) is 0 Å². The van der Waals surface area contributed by atoms with Crippen LogP contribution in [-0.4, -0.2) is 46.4 Å². The number of ether oxygens (including phenoxy) is 1. The van der Waals surface area contributed by atoms with E-state index >= 15 is 0 Å². The number of primary amides is 1. The van der Waals surface area contributed by atoms with Gasteiger partial charge in [0.1, 0.15) is 11.4 Å². The predicted molar refractivity (Wildman–Crippen MR) is 116 cm³/mol. The van der Waals surface area contributed by atoms with Gasteiger partial charge in [0.25, 0.3) is 5.91 Å². The molecule has 1 fully saturated rings. The zero-order chi connectivity index (χ0) is 22.8. The second-order valence-electron chi connectivity index (χ2n) is 9.26. The van der Waals surface area contributed by atoms with Crippen LogP contribution in [-0.2, 0) is 4.74 Å². The second kappa shape index (κ2) is 8.95. The first-order valence-electron chi connectivity index (χ1n) is 10.4. The zero-order valence-electron chi connectivity index (χ0n) is 18.4. The molecule has 3 rings (SSSR count). The van der Waals surface area contributed by atoms with E-state index in [1.807, 2.05) is 20.8 Å². The minimum Gasteiger partial charge on any atom is -0.449 e. The van der Waals surface area contributed by atoms with Crippen LogP contribution in [0.4, 0.5) is 20.7 Å². The van der Waals surface area contributed by atoms with E-state index in [0.717, 1.165) is 6.42 Å². The largest absolute Gasteiger partial charge is 0.449 e. The van der Waals surface area contributed by atoms with Crippen LogP contribution in [0, 0.1) is 17.2 Å². The molecule has 1 saturated heterocycles. The summed E-state index contributed by atoms with van der Waals surface area (Å²) in [6.45, 7) is 9.46. The number of benzene rings is 1. The van der Waals surface area contributed by atoms with Gasteiger partial charge in [-0.25, -0.2) is 9.18 Å². The lowest BCUT2D eigenvalue weighted by Crippen LogP contribution is -2.44. The number of piperidine rings is 1. The third-order valence-electron chi connectivity index (χ3n) is 5.25. The Bertz CT molecular complexity index is 936. The number of hydrogen-bond acceptors (Lipinski definition) is 5. The van der Waals surface area contributed by atoms with Gasteiger partial charge in [0.2, 0.25) is 0 Å². The molecule has 2 heterocycles. The van der Waals surface area contributed by atoms with Crippen LogP contribution in [0.25, 0.3) is 0 Å². The number of rotatable bonds is 5. The van der Waals surface area contributed by atoms with Crippen LogP contribution in [0.1, 0.15) is 50.5 Å². The Morgan fingerprint density at radius 1 is 1.29 bits per heavy atom. The fraction of sp³-hybridized carbons (Fsp3) is 0.500. The minimum absolute atomic E-state index is 0.114. The number of nitrogens with one attached hydrogen (secondary N) is 1. The lowest BCUT2D eigenvalue weighted by Gasteiger charge is -2.36. The van der Waals surface area contributed by atoms with Crippen molar-refractivity contribution >= 4 is 23.5 Å². The Morgan fingerprint density at radius 2 is 1.97 bits per heavy atom. The summed E-state index contributed by atoms with van der Waals surface area (Å²) in [6.07, 6.45) is 2.03. The van der Waals surface area contributed by atoms with Gasteiger partial charge in [-0.3, -0.25) is 9.48 Å². The monoisotopic (exact) mass is 431 g/mol. The first-order valence-corrected chi connectivity index (χ1v) is 10.4. The summed E-state index contributed by atoms with van der Waals surface area (Å²) < 4.78 is 20.3. The molecule has 0 bridgehead atoms. The molecule has 2 amide bonds. The maximum Gasteiger partial charge on any atom is 0.409 e. The van der Waals surface area contributed by atoms with E-state index in [1.165, 1.54) is 12.1 Å². The van der Waals surface area contributed by atoms with Crippen LogP contribution in [0.15, 0.2) is 30.5 Å². The summed E-state index contributed by atoms with van der Waals surface area (Å²) in [7, 11) is 0. The minimum atomic E-state index is -0.624. The van der Waals surface area contributed by atoms with Gasteiger partial charge >= 0.3 is 6.09 Å². The molecule has 1 aromatic carbocycles. The fourth-order valence-corrected chi connectivity index (χ4v) is 3.43. The van der Waals surface area contributed by atoms with Gasteiger partial charge in [0.15, 0.2) is 5.82 Å². The molecule has 9 heteroatoms. The molecule has 0 radical (unpaired) electrons. The summed E-state index contributed by atoms with van der Waals surface area (Å²) in [6, 6.07) is 5.59. The zero-order valence-corrected chi connectivity index (χ0v) is 18.4. The third kappa shape index (κ3) is 5.74. The first-order chi connectivity index (χ1) is 14.5. The van der Waals surface area contributed by atoms with E-state index in [-0.39, 0.29) is 34.8 Å². The molecule has 31 heavy (non-hydrogen) atoms. The van der Waals surface area contributed by atoms with Gasteiger partial charge in [0, 0.05) is 25.0 Å². The standard InChI is InChI=1S/C22H30FN5O3/c1-14-9-10-27(21(30)31-13-22(2,3)4)12-18(14)28-11-17(19(24)29)20(26-28)25-16-7-5-15(23)6-8-16/h5-8,11,14,18H,9-10,12-13H2,1-4H3,(H2,24,29)(H,25,26). The van der Waals surface area contributed by atoms with Crippen molar-refractivity contribution in [3.63, 3.8) is 0 Å². The Morgan fingerprint density at radius 3 is 2.58 bits per heavy atom. The molecule has 2 aromatic rings. The van der Waals surface area contributed by atoms with Crippen LogP contribution in [0.5, 0.6) is 0 Å². The van der Waals surface area contributed by atoms with Crippen LogP contribution >= 0.6 is 0 Å². The van der Waals surface area contributed by atoms with Crippen molar-refractivity contribution in [1.29, 1.82) is 0 Å². The number of amides is 2. The molecule has 1 aliphatic heterocycles. The van der Waals surface area contributed by atoms with E-state index in [1.54, 1.807) is 27.9 Å². The smallest absolute Gasteiger partial charge is 0.409 e. The highest BCUT2D eigenvalue weighted by Crippen LogP contribution is 2.30. The Balaban J connectivity index is 1.79. The SMILES string of the molecule is CC1CCN(C(=O)OCC(C)(C)C)CC1n1cc(C(N)=O)c(Nc2ccc(F)cc2)n1. The maximum atomic E-state index is 13.2. The van der Waals surface area contributed by atoms with Crippen LogP contribution in [0.2, 0.25) is 0 Å². The summed E-state index contributed by atoms with van der Waals surface area (Å²) in [4.78, 5) is 26.2. The number of hydrogen-bond donors (Lipinski definition) is 2. The lowest BCUT2D eigenvalue weighted by molar-refractivity contribution is 0.0508. The quantitative estimate of drug-likeness (QED) is 0.747. The number of carbonyl (C=O) groups excluding carboxylic acids is 2. The molecule has 1 aliphatic rings. The molecule has 0 saturated carbocycles. The number of nitrogens with two attached hydrogens (primary N) is 1. The molecule has 2 atom stereocenters. The van der Waals surface area contributed by atoms with Gasteiger partial charge in [-0.1, -0.05) is 27.7 Å². The van der Waals surface area contributed by atoms with E-state index in [2.05, 4.69) is 17.3 Å². The summed E-state index contributed by atoms with van der Waals surface area (Å²) in [5.74, 6) is -0.467. The van der Waals surface area contributed by atoms with Crippen LogP contribution < -0.4 is 11.1 Å². The van der Waals surface area contributed by atoms with E-state index in [9.17, 15) is 14.0 Å². The van der Waals surface area contributed by atoms with Gasteiger partial charge < -0.3 is 20.7 Å². The van der Waals surface area contributed by atoms with E-state index < -0.39 is 5.91 Å². The molecule has 3 N–H and O–H groups in total. The number of nitrogens with zero attached hydrogens (tertiary/aromatic N) is 3. The molecular formula is C22H30FN5O3. The molecule has 0 aliphatic carbocycles. The Hall–Kier alpha value is -3.10. The lowest BCUT2D eigenvalue weighted by atomic mass is 9.94. The highest BCUT2D eigenvalue weighted by molar-refractivity contribution is 5.98. The average molecular weight is 432 g/mol. The predicted octanol–water partition coefficient (Wildman–Crippen LogP) is 3.93. The number of halogens is 1. The molecule has 1 aromatic heterocycles. The summed E-state index contributed by atoms with van der Waals surface area (Å²) >= 11 is 0. The highest BCUT2D eigenvalue weighted by Gasteiger charge is 2.33. The van der Waals surface area contributed by atoms with Gasteiger partial charge in [0.05, 0.1) is 12.6 Å². The highest BCUT2D eigenvalue weighted by atomic mass is 19.1. The molecule has 0 spiro atoms.